The van der Waals surface area contributed by atoms with Crippen molar-refractivity contribution in [1.82, 2.24) is 5.32 Å². The number of hydrogen-bond donors (Lipinski definition) is 2. The molecule has 0 aliphatic heterocycles. The minimum absolute atomic E-state index is 0.166. The van der Waals surface area contributed by atoms with Crippen molar-refractivity contribution in [2.45, 2.75) is 32.0 Å². The number of carbonyl (C=O) groups is 2. The van der Waals surface area contributed by atoms with Gasteiger partial charge in [-0.2, -0.15) is 0 Å². The van der Waals surface area contributed by atoms with Gasteiger partial charge in [0.25, 0.3) is 0 Å². The lowest BCUT2D eigenvalue weighted by atomic mass is 10.0. The fourth-order valence-corrected chi connectivity index (χ4v) is 3.04. The molecule has 0 heterocycles. The maximum absolute atomic E-state index is 12.4. The van der Waals surface area contributed by atoms with Gasteiger partial charge in [0.1, 0.15) is 12.6 Å². The van der Waals surface area contributed by atoms with Crippen LogP contribution in [0.3, 0.4) is 0 Å². The highest BCUT2D eigenvalue weighted by atomic mass is 16.5. The summed E-state index contributed by atoms with van der Waals surface area (Å²) in [5.74, 6) is -0.877. The van der Waals surface area contributed by atoms with E-state index in [1.54, 1.807) is 6.92 Å². The van der Waals surface area contributed by atoms with Gasteiger partial charge in [0.2, 0.25) is 5.91 Å². The van der Waals surface area contributed by atoms with Crippen LogP contribution in [0.5, 0.6) is 0 Å². The summed E-state index contributed by atoms with van der Waals surface area (Å²) in [6.07, 6.45) is 0.382. The van der Waals surface area contributed by atoms with Gasteiger partial charge in [-0.25, -0.2) is 4.79 Å². The molecule has 3 aromatic carbocycles. The molecule has 0 unspecified atom stereocenters. The predicted octanol–water partition coefficient (Wildman–Crippen LogP) is 3.47. The van der Waals surface area contributed by atoms with Crippen molar-refractivity contribution in [2.75, 3.05) is 0 Å². The average molecular weight is 402 g/mol. The third-order valence-electron chi connectivity index (χ3n) is 4.79. The Kier molecular flexibility index (Phi) is 7.35. The summed E-state index contributed by atoms with van der Waals surface area (Å²) < 4.78 is 5.25. The second kappa shape index (κ2) is 10.4. The van der Waals surface area contributed by atoms with Crippen molar-refractivity contribution < 1.29 is 14.3 Å². The summed E-state index contributed by atoms with van der Waals surface area (Å²) in [5, 5.41) is 2.63. The highest BCUT2D eigenvalue weighted by Gasteiger charge is 2.21. The summed E-state index contributed by atoms with van der Waals surface area (Å²) in [5.41, 5.74) is 10.1. The van der Waals surface area contributed by atoms with E-state index in [9.17, 15) is 9.59 Å². The number of amides is 1. The Morgan fingerprint density at radius 2 is 1.40 bits per heavy atom. The van der Waals surface area contributed by atoms with Crippen LogP contribution >= 0.6 is 0 Å². The van der Waals surface area contributed by atoms with Crippen molar-refractivity contribution in [3.63, 3.8) is 0 Å². The van der Waals surface area contributed by atoms with E-state index in [0.717, 1.165) is 22.3 Å². The Morgan fingerprint density at radius 3 is 2.03 bits per heavy atom. The lowest BCUT2D eigenvalue weighted by Crippen LogP contribution is -2.48. The Hall–Kier alpha value is -3.44. The standard InChI is InChI=1S/C25H26N2O3/c1-18(25(29)30-17-20-8-4-2-5-9-20)27-24(28)23(26)16-19-12-14-22(15-13-19)21-10-6-3-7-11-21/h2-15,18,23H,16-17,26H2,1H3,(H,27,28)/t18-,23+/m0/s1. The fraction of sp³-hybridized carbons (Fsp3) is 0.200. The lowest BCUT2D eigenvalue weighted by Gasteiger charge is -2.17. The van der Waals surface area contributed by atoms with E-state index in [0.29, 0.717) is 6.42 Å². The molecule has 0 aliphatic rings. The zero-order valence-electron chi connectivity index (χ0n) is 17.0. The largest absolute Gasteiger partial charge is 0.459 e. The minimum Gasteiger partial charge on any atom is -0.459 e. The van der Waals surface area contributed by atoms with Crippen LogP contribution in [0.25, 0.3) is 11.1 Å². The van der Waals surface area contributed by atoms with E-state index in [-0.39, 0.29) is 12.5 Å². The van der Waals surface area contributed by atoms with Crippen LogP contribution in [0, 0.1) is 0 Å². The van der Waals surface area contributed by atoms with Crippen LogP contribution in [0.4, 0.5) is 0 Å². The van der Waals surface area contributed by atoms with E-state index in [2.05, 4.69) is 5.32 Å². The Bertz CT molecular complexity index is 957. The molecule has 2 atom stereocenters. The van der Waals surface area contributed by atoms with Crippen LogP contribution in [0.15, 0.2) is 84.9 Å². The molecule has 3 rings (SSSR count). The molecule has 3 N–H and O–H groups in total. The molecule has 0 spiro atoms. The van der Waals surface area contributed by atoms with Gasteiger partial charge in [0.05, 0.1) is 6.04 Å². The van der Waals surface area contributed by atoms with E-state index in [4.69, 9.17) is 10.5 Å². The van der Waals surface area contributed by atoms with Crippen LogP contribution in [-0.2, 0) is 27.4 Å². The number of hydrogen-bond acceptors (Lipinski definition) is 4. The molecule has 0 fully saturated rings. The van der Waals surface area contributed by atoms with Gasteiger partial charge in [-0.05, 0) is 35.6 Å². The minimum atomic E-state index is -0.771. The van der Waals surface area contributed by atoms with Gasteiger partial charge in [0, 0.05) is 0 Å². The average Bonchev–Trinajstić information content (AvgIpc) is 2.79. The first-order chi connectivity index (χ1) is 14.5. The summed E-state index contributed by atoms with van der Waals surface area (Å²) >= 11 is 0. The molecule has 0 bridgehead atoms. The van der Waals surface area contributed by atoms with Gasteiger partial charge in [-0.1, -0.05) is 84.9 Å². The van der Waals surface area contributed by atoms with Crippen molar-refractivity contribution in [2.24, 2.45) is 5.73 Å². The first kappa shape index (κ1) is 21.3. The van der Waals surface area contributed by atoms with Crippen molar-refractivity contribution in [3.8, 4) is 11.1 Å². The third-order valence-corrected chi connectivity index (χ3v) is 4.79. The smallest absolute Gasteiger partial charge is 0.328 e. The monoisotopic (exact) mass is 402 g/mol. The topological polar surface area (TPSA) is 81.4 Å². The summed E-state index contributed by atoms with van der Waals surface area (Å²) in [4.78, 5) is 24.5. The number of nitrogens with two attached hydrogens (primary N) is 1. The van der Waals surface area contributed by atoms with Gasteiger partial charge >= 0.3 is 5.97 Å². The van der Waals surface area contributed by atoms with Crippen LogP contribution in [-0.4, -0.2) is 24.0 Å². The summed E-state index contributed by atoms with van der Waals surface area (Å²) in [7, 11) is 0. The van der Waals surface area contributed by atoms with Crippen molar-refractivity contribution in [3.05, 3.63) is 96.1 Å². The fourth-order valence-electron chi connectivity index (χ4n) is 3.04. The molecule has 0 saturated heterocycles. The molecule has 30 heavy (non-hydrogen) atoms. The van der Waals surface area contributed by atoms with E-state index in [1.807, 2.05) is 84.9 Å². The Balaban J connectivity index is 1.48. The van der Waals surface area contributed by atoms with Gasteiger partial charge in [-0.3, -0.25) is 4.79 Å². The number of rotatable bonds is 8. The zero-order chi connectivity index (χ0) is 21.3. The van der Waals surface area contributed by atoms with Gasteiger partial charge in [-0.15, -0.1) is 0 Å². The first-order valence-corrected chi connectivity index (χ1v) is 9.94. The second-order valence-corrected chi connectivity index (χ2v) is 7.20. The molecular weight excluding hydrogens is 376 g/mol. The molecule has 3 aromatic rings. The lowest BCUT2D eigenvalue weighted by molar-refractivity contribution is -0.148. The molecular formula is C25H26N2O3. The molecule has 0 aromatic heterocycles. The van der Waals surface area contributed by atoms with Crippen molar-refractivity contribution in [1.29, 1.82) is 0 Å². The van der Waals surface area contributed by atoms with Crippen LogP contribution < -0.4 is 11.1 Å². The van der Waals surface area contributed by atoms with Crippen LogP contribution in [0.2, 0.25) is 0 Å². The Morgan fingerprint density at radius 1 is 0.833 bits per heavy atom. The van der Waals surface area contributed by atoms with E-state index < -0.39 is 18.1 Å². The van der Waals surface area contributed by atoms with E-state index >= 15 is 0 Å². The number of nitrogens with one attached hydrogen (secondary N) is 1. The van der Waals surface area contributed by atoms with Gasteiger partial charge < -0.3 is 15.8 Å². The first-order valence-electron chi connectivity index (χ1n) is 9.94. The van der Waals surface area contributed by atoms with E-state index in [1.165, 1.54) is 0 Å². The number of esters is 1. The normalized spacial score (nSPS) is 12.6. The summed E-state index contributed by atoms with van der Waals surface area (Å²) in [6.45, 7) is 1.76. The van der Waals surface area contributed by atoms with Crippen LogP contribution in [0.1, 0.15) is 18.1 Å². The maximum atomic E-state index is 12.4. The molecule has 0 aliphatic carbocycles. The molecule has 1 amide bonds. The SMILES string of the molecule is C[C@H](NC(=O)[C@H](N)Cc1ccc(-c2ccccc2)cc1)C(=O)OCc1ccccc1. The molecule has 154 valence electrons. The Labute approximate surface area is 176 Å². The predicted molar refractivity (Wildman–Crippen MR) is 117 cm³/mol. The summed E-state index contributed by atoms with van der Waals surface area (Å²) in [6, 6.07) is 25.9. The highest BCUT2D eigenvalue weighted by molar-refractivity contribution is 5.87. The van der Waals surface area contributed by atoms with Crippen molar-refractivity contribution >= 4 is 11.9 Å². The highest BCUT2D eigenvalue weighted by Crippen LogP contribution is 2.19. The zero-order valence-corrected chi connectivity index (χ0v) is 17.0. The quantitative estimate of drug-likeness (QED) is 0.565. The number of ether oxygens (including phenoxy) is 1. The maximum Gasteiger partial charge on any atom is 0.328 e. The number of carbonyl (C=O) groups excluding carboxylic acids is 2. The molecule has 0 saturated carbocycles. The molecule has 0 radical (unpaired) electrons. The molecule has 5 nitrogen and oxygen atoms in total. The third kappa shape index (κ3) is 6.03. The number of benzene rings is 3. The molecule has 5 heteroatoms. The second-order valence-electron chi connectivity index (χ2n) is 7.20. The van der Waals surface area contributed by atoms with Gasteiger partial charge in [0.15, 0.2) is 0 Å².